The molecule has 0 fully saturated rings. The van der Waals surface area contributed by atoms with Crippen molar-refractivity contribution in [3.8, 4) is 0 Å². The molecule has 0 aliphatic rings. The Morgan fingerprint density at radius 1 is 1.00 bits per heavy atom. The van der Waals surface area contributed by atoms with Crippen molar-refractivity contribution in [2.24, 2.45) is 0 Å². The molecule has 0 radical (unpaired) electrons. The van der Waals surface area contributed by atoms with E-state index < -0.39 is 28.5 Å². The van der Waals surface area contributed by atoms with Gasteiger partial charge in [0.2, 0.25) is 21.8 Å². The molecule has 0 aliphatic carbocycles. The number of carbonyl (C=O) groups excluding carboxylic acids is 2. The van der Waals surface area contributed by atoms with Gasteiger partial charge in [0.15, 0.2) is 0 Å². The molecule has 1 N–H and O–H groups in total. The average molecular weight is 569 g/mol. The smallest absolute Gasteiger partial charge is 0.244 e. The number of carbonyl (C=O) groups is 2. The van der Waals surface area contributed by atoms with E-state index in [1.54, 1.807) is 31.2 Å². The molecule has 0 spiro atoms. The van der Waals surface area contributed by atoms with Crippen LogP contribution in [0.5, 0.6) is 0 Å². The second-order valence-corrected chi connectivity index (χ2v) is 11.1. The van der Waals surface area contributed by atoms with Crippen molar-refractivity contribution in [2.45, 2.75) is 32.9 Å². The van der Waals surface area contributed by atoms with E-state index >= 15 is 0 Å². The van der Waals surface area contributed by atoms with Gasteiger partial charge in [-0.25, -0.2) is 8.42 Å². The minimum atomic E-state index is -3.97. The Bertz CT molecular complexity index is 1160. The van der Waals surface area contributed by atoms with Crippen molar-refractivity contribution in [1.82, 2.24) is 10.2 Å². The van der Waals surface area contributed by atoms with Crippen molar-refractivity contribution in [1.29, 1.82) is 0 Å². The highest BCUT2D eigenvalue weighted by Gasteiger charge is 2.31. The van der Waals surface area contributed by atoms with Crippen LogP contribution < -0.4 is 9.62 Å². The first-order valence-corrected chi connectivity index (χ1v) is 13.7. The Hall–Kier alpha value is -1.71. The molecule has 0 aliphatic heterocycles. The van der Waals surface area contributed by atoms with Gasteiger partial charge in [0.05, 0.1) is 27.0 Å². The highest BCUT2D eigenvalue weighted by atomic mass is 35.5. The lowest BCUT2D eigenvalue weighted by molar-refractivity contribution is -0.139. The zero-order valence-corrected chi connectivity index (χ0v) is 22.7. The Morgan fingerprint density at radius 3 is 2.21 bits per heavy atom. The maximum absolute atomic E-state index is 13.5. The predicted molar refractivity (Wildman–Crippen MR) is 138 cm³/mol. The third-order valence-electron chi connectivity index (χ3n) is 4.95. The number of benzene rings is 2. The number of halogens is 4. The van der Waals surface area contributed by atoms with Crippen LogP contribution in [-0.2, 0) is 26.2 Å². The molecule has 2 rings (SSSR count). The van der Waals surface area contributed by atoms with Gasteiger partial charge in [0.1, 0.15) is 12.6 Å². The summed E-state index contributed by atoms with van der Waals surface area (Å²) in [7, 11) is -3.97. The maximum Gasteiger partial charge on any atom is 0.244 e. The molecule has 0 aromatic heterocycles. The first-order chi connectivity index (χ1) is 15.9. The highest BCUT2D eigenvalue weighted by molar-refractivity contribution is 7.92. The minimum absolute atomic E-state index is 0.000911. The Labute approximate surface area is 220 Å². The lowest BCUT2D eigenvalue weighted by atomic mass is 10.1. The third-order valence-corrected chi connectivity index (χ3v) is 7.47. The lowest BCUT2D eigenvalue weighted by Gasteiger charge is -2.32. The summed E-state index contributed by atoms with van der Waals surface area (Å²) in [4.78, 5) is 27.4. The fraction of sp³-hybridized carbons (Fsp3) is 0.364. The van der Waals surface area contributed by atoms with Gasteiger partial charge in [-0.3, -0.25) is 13.9 Å². The first kappa shape index (κ1) is 28.5. The van der Waals surface area contributed by atoms with Crippen molar-refractivity contribution in [3.63, 3.8) is 0 Å². The largest absolute Gasteiger partial charge is 0.354 e. The van der Waals surface area contributed by atoms with Gasteiger partial charge in [0.25, 0.3) is 0 Å². The summed E-state index contributed by atoms with van der Waals surface area (Å²) in [5, 5.41) is 3.37. The molecule has 12 heteroatoms. The zero-order chi connectivity index (χ0) is 25.6. The SMILES string of the molecule is CCCNC(=O)[C@H](C)N(Cc1ccccc1Cl)C(=O)CN(c1cc(Cl)c(Cl)cc1Cl)S(C)(=O)=O. The molecule has 2 amide bonds. The van der Waals surface area contributed by atoms with Crippen LogP contribution in [0.25, 0.3) is 0 Å². The van der Waals surface area contributed by atoms with Crippen LogP contribution in [0, 0.1) is 0 Å². The Morgan fingerprint density at radius 2 is 1.62 bits per heavy atom. The standard InChI is InChI=1S/C22H25Cl4N3O4S/c1-4-9-27-22(31)14(2)28(12-15-7-5-6-8-16(15)23)21(30)13-29(34(3,32)33)20-11-18(25)17(24)10-19(20)26/h5-8,10-11,14H,4,9,12-13H2,1-3H3,(H,27,31)/t14-/m0/s1. The van der Waals surface area contributed by atoms with Gasteiger partial charge in [-0.1, -0.05) is 71.5 Å². The molecule has 0 unspecified atom stereocenters. The topological polar surface area (TPSA) is 86.8 Å². The predicted octanol–water partition coefficient (Wildman–Crippen LogP) is 5.01. The van der Waals surface area contributed by atoms with Crippen LogP contribution in [0.4, 0.5) is 5.69 Å². The van der Waals surface area contributed by atoms with E-state index in [0.29, 0.717) is 23.6 Å². The molecular formula is C22H25Cl4N3O4S. The van der Waals surface area contributed by atoms with E-state index in [-0.39, 0.29) is 33.2 Å². The summed E-state index contributed by atoms with van der Waals surface area (Å²) in [5.41, 5.74) is 0.596. The molecular weight excluding hydrogens is 544 g/mol. The number of hydrogen-bond donors (Lipinski definition) is 1. The van der Waals surface area contributed by atoms with Gasteiger partial charge >= 0.3 is 0 Å². The average Bonchev–Trinajstić information content (AvgIpc) is 2.76. The zero-order valence-electron chi connectivity index (χ0n) is 18.8. The third kappa shape index (κ3) is 7.39. The first-order valence-electron chi connectivity index (χ1n) is 10.3. The minimum Gasteiger partial charge on any atom is -0.354 e. The molecule has 0 saturated carbocycles. The Balaban J connectivity index is 2.46. The number of rotatable bonds is 10. The van der Waals surface area contributed by atoms with Crippen LogP contribution in [0.15, 0.2) is 36.4 Å². The number of sulfonamides is 1. The van der Waals surface area contributed by atoms with Crippen LogP contribution in [0.2, 0.25) is 20.1 Å². The summed E-state index contributed by atoms with van der Waals surface area (Å²) in [6, 6.07) is 8.56. The van der Waals surface area contributed by atoms with Crippen molar-refractivity contribution >= 4 is 73.9 Å². The second kappa shape index (κ2) is 12.3. The second-order valence-electron chi connectivity index (χ2n) is 7.57. The molecule has 2 aromatic carbocycles. The van der Waals surface area contributed by atoms with Crippen molar-refractivity contribution in [2.75, 3.05) is 23.7 Å². The number of amides is 2. The summed E-state index contributed by atoms with van der Waals surface area (Å²) >= 11 is 24.5. The summed E-state index contributed by atoms with van der Waals surface area (Å²) in [6.07, 6.45) is 1.66. The van der Waals surface area contributed by atoms with Gasteiger partial charge < -0.3 is 10.2 Å². The lowest BCUT2D eigenvalue weighted by Crippen LogP contribution is -2.51. The summed E-state index contributed by atoms with van der Waals surface area (Å²) in [6.45, 7) is 3.28. The van der Waals surface area contributed by atoms with E-state index in [2.05, 4.69) is 5.32 Å². The monoisotopic (exact) mass is 567 g/mol. The number of anilines is 1. The molecule has 0 bridgehead atoms. The molecule has 34 heavy (non-hydrogen) atoms. The van der Waals surface area contributed by atoms with Crippen LogP contribution in [0.1, 0.15) is 25.8 Å². The quantitative estimate of drug-likeness (QED) is 0.408. The van der Waals surface area contributed by atoms with Crippen molar-refractivity contribution < 1.29 is 18.0 Å². The van der Waals surface area contributed by atoms with E-state index in [9.17, 15) is 18.0 Å². The van der Waals surface area contributed by atoms with E-state index in [4.69, 9.17) is 46.4 Å². The van der Waals surface area contributed by atoms with Gasteiger partial charge in [-0.05, 0) is 37.1 Å². The summed E-state index contributed by atoms with van der Waals surface area (Å²) in [5.74, 6) is -1.01. The molecule has 0 heterocycles. The number of nitrogens with zero attached hydrogens (tertiary/aromatic N) is 2. The van der Waals surface area contributed by atoms with E-state index in [1.807, 2.05) is 6.92 Å². The number of nitrogens with one attached hydrogen (secondary N) is 1. The highest BCUT2D eigenvalue weighted by Crippen LogP contribution is 2.35. The molecule has 1 atom stereocenters. The molecule has 186 valence electrons. The van der Waals surface area contributed by atoms with Crippen LogP contribution >= 0.6 is 46.4 Å². The Kier molecular flexibility index (Phi) is 10.3. The van der Waals surface area contributed by atoms with Gasteiger partial charge in [0, 0.05) is 18.1 Å². The molecule has 7 nitrogen and oxygen atoms in total. The fourth-order valence-corrected chi connectivity index (χ4v) is 4.83. The normalized spacial score (nSPS) is 12.2. The number of hydrogen-bond acceptors (Lipinski definition) is 4. The summed E-state index contributed by atoms with van der Waals surface area (Å²) < 4.78 is 26.1. The van der Waals surface area contributed by atoms with Gasteiger partial charge in [-0.15, -0.1) is 0 Å². The van der Waals surface area contributed by atoms with E-state index in [0.717, 1.165) is 10.6 Å². The molecule has 0 saturated heterocycles. The van der Waals surface area contributed by atoms with Crippen molar-refractivity contribution in [3.05, 3.63) is 62.1 Å². The van der Waals surface area contributed by atoms with E-state index in [1.165, 1.54) is 17.0 Å². The maximum atomic E-state index is 13.5. The van der Waals surface area contributed by atoms with Gasteiger partial charge in [-0.2, -0.15) is 0 Å². The fourth-order valence-electron chi connectivity index (χ4n) is 3.09. The van der Waals surface area contributed by atoms with Crippen LogP contribution in [-0.4, -0.2) is 50.5 Å². The van der Waals surface area contributed by atoms with Crippen LogP contribution in [0.3, 0.4) is 0 Å². The molecule has 2 aromatic rings.